The third-order valence-corrected chi connectivity index (χ3v) is 1.67. The van der Waals surface area contributed by atoms with Crippen molar-refractivity contribution in [3.63, 3.8) is 0 Å². The third-order valence-electron chi connectivity index (χ3n) is 1.67. The van der Waals surface area contributed by atoms with Crippen LogP contribution < -0.4 is 0 Å². The van der Waals surface area contributed by atoms with Gasteiger partial charge in [-0.15, -0.1) is 0 Å². The molecule has 0 aromatic rings. The first-order valence-electron chi connectivity index (χ1n) is 3.38. The van der Waals surface area contributed by atoms with Crippen LogP contribution in [0.25, 0.3) is 0 Å². The van der Waals surface area contributed by atoms with Crippen LogP contribution in [0, 0.1) is 0 Å². The van der Waals surface area contributed by atoms with Crippen LogP contribution in [-0.4, -0.2) is 25.0 Å². The van der Waals surface area contributed by atoms with Gasteiger partial charge in [0.2, 0.25) is 0 Å². The summed E-state index contributed by atoms with van der Waals surface area (Å²) < 4.78 is 0. The second-order valence-electron chi connectivity index (χ2n) is 2.43. The highest BCUT2D eigenvalue weighted by Gasteiger charge is 2.02. The van der Waals surface area contributed by atoms with Crippen LogP contribution in [-0.2, 0) is 0 Å². The van der Waals surface area contributed by atoms with Crippen LogP contribution in [0.5, 0.6) is 0 Å². The van der Waals surface area contributed by atoms with Gasteiger partial charge in [0.25, 0.3) is 0 Å². The van der Waals surface area contributed by atoms with Gasteiger partial charge in [0.05, 0.1) is 0 Å². The Morgan fingerprint density at radius 1 is 1.12 bits per heavy atom. The molecule has 0 bridgehead atoms. The van der Waals surface area contributed by atoms with Crippen molar-refractivity contribution >= 4 is 0 Å². The Morgan fingerprint density at radius 3 is 1.50 bits per heavy atom. The molecule has 0 unspecified atom stereocenters. The molecule has 1 heteroatoms. The summed E-state index contributed by atoms with van der Waals surface area (Å²) >= 11 is 0. The number of hydrogen-bond donors (Lipinski definition) is 0. The maximum Gasteiger partial charge on any atom is 0.00839 e. The van der Waals surface area contributed by atoms with E-state index in [4.69, 9.17) is 0 Å². The van der Waals surface area contributed by atoms with E-state index in [0.717, 1.165) is 6.04 Å². The van der Waals surface area contributed by atoms with Gasteiger partial charge in [-0.1, -0.05) is 13.8 Å². The van der Waals surface area contributed by atoms with E-state index in [1.54, 1.807) is 0 Å². The van der Waals surface area contributed by atoms with Crippen molar-refractivity contribution in [1.82, 2.24) is 4.90 Å². The maximum absolute atomic E-state index is 2.28. The lowest BCUT2D eigenvalue weighted by atomic mass is 10.1. The summed E-state index contributed by atoms with van der Waals surface area (Å²) in [6, 6.07) is 0.787. The summed E-state index contributed by atoms with van der Waals surface area (Å²) in [4.78, 5) is 2.28. The van der Waals surface area contributed by atoms with E-state index in [-0.39, 0.29) is 0 Å². The van der Waals surface area contributed by atoms with Crippen molar-refractivity contribution < 1.29 is 0 Å². The Morgan fingerprint density at radius 2 is 1.50 bits per heavy atom. The van der Waals surface area contributed by atoms with Gasteiger partial charge >= 0.3 is 0 Å². The molecule has 0 radical (unpaired) electrons. The van der Waals surface area contributed by atoms with E-state index in [1.807, 2.05) is 0 Å². The predicted octanol–water partition coefficient (Wildman–Crippen LogP) is 1.74. The van der Waals surface area contributed by atoms with E-state index < -0.39 is 0 Å². The molecule has 0 aliphatic carbocycles. The van der Waals surface area contributed by atoms with Crippen molar-refractivity contribution in [2.45, 2.75) is 32.7 Å². The minimum Gasteiger partial charge on any atom is -0.306 e. The third kappa shape index (κ3) is 2.31. The summed E-state index contributed by atoms with van der Waals surface area (Å²) in [5.74, 6) is 0. The van der Waals surface area contributed by atoms with Gasteiger partial charge < -0.3 is 4.90 Å². The van der Waals surface area contributed by atoms with Crippen LogP contribution in [0.3, 0.4) is 0 Å². The highest BCUT2D eigenvalue weighted by molar-refractivity contribution is 4.59. The van der Waals surface area contributed by atoms with Gasteiger partial charge in [0.1, 0.15) is 0 Å². The zero-order valence-electron chi connectivity index (χ0n) is 6.44. The first kappa shape index (κ1) is 7.96. The fourth-order valence-corrected chi connectivity index (χ4v) is 1.02. The molecular weight excluding hydrogens is 98.1 g/mol. The molecule has 0 aromatic carbocycles. The first-order valence-corrected chi connectivity index (χ1v) is 3.38. The smallest absolute Gasteiger partial charge is 0.00839 e. The Kier molecular flexibility index (Phi) is 3.88. The van der Waals surface area contributed by atoms with Crippen molar-refractivity contribution in [1.29, 1.82) is 0 Å². The van der Waals surface area contributed by atoms with Gasteiger partial charge in [0, 0.05) is 6.04 Å². The molecule has 0 amide bonds. The van der Waals surface area contributed by atoms with Crippen LogP contribution in [0.4, 0.5) is 0 Å². The Labute approximate surface area is 52.7 Å². The highest BCUT2D eigenvalue weighted by Crippen LogP contribution is 2.01. The SMILES string of the molecule is CCC(CC)N(C)C. The molecule has 0 heterocycles. The van der Waals surface area contributed by atoms with Crippen molar-refractivity contribution in [2.75, 3.05) is 14.1 Å². The van der Waals surface area contributed by atoms with Gasteiger partial charge in [-0.3, -0.25) is 0 Å². The second kappa shape index (κ2) is 3.90. The lowest BCUT2D eigenvalue weighted by molar-refractivity contribution is 0.279. The minimum absolute atomic E-state index is 0.787. The lowest BCUT2D eigenvalue weighted by Crippen LogP contribution is -2.25. The minimum atomic E-state index is 0.787. The number of rotatable bonds is 3. The van der Waals surface area contributed by atoms with Crippen molar-refractivity contribution in [3.8, 4) is 0 Å². The Hall–Kier alpha value is -0.0400. The average molecular weight is 115 g/mol. The molecule has 0 fully saturated rings. The molecule has 8 heavy (non-hydrogen) atoms. The molecular formula is C7H17N. The molecule has 0 saturated heterocycles. The second-order valence-corrected chi connectivity index (χ2v) is 2.43. The summed E-state index contributed by atoms with van der Waals surface area (Å²) in [5, 5.41) is 0. The fourth-order valence-electron chi connectivity index (χ4n) is 1.02. The molecule has 0 atom stereocenters. The van der Waals surface area contributed by atoms with E-state index in [9.17, 15) is 0 Å². The van der Waals surface area contributed by atoms with Crippen LogP contribution in [0.15, 0.2) is 0 Å². The molecule has 0 rings (SSSR count). The predicted molar refractivity (Wildman–Crippen MR) is 38.1 cm³/mol. The normalized spacial score (nSPS) is 11.2. The Bertz CT molecular complexity index is 46.3. The first-order chi connectivity index (χ1) is 3.72. The van der Waals surface area contributed by atoms with E-state index in [1.165, 1.54) is 12.8 Å². The highest BCUT2D eigenvalue weighted by atomic mass is 15.1. The summed E-state index contributed by atoms with van der Waals surface area (Å²) in [6.45, 7) is 4.46. The summed E-state index contributed by atoms with van der Waals surface area (Å²) in [7, 11) is 4.27. The summed E-state index contributed by atoms with van der Waals surface area (Å²) in [5.41, 5.74) is 0. The average Bonchev–Trinajstić information content (AvgIpc) is 1.69. The Balaban J connectivity index is 3.35. The monoisotopic (exact) mass is 115 g/mol. The molecule has 0 saturated carbocycles. The molecule has 0 aliphatic rings. The van der Waals surface area contributed by atoms with Crippen LogP contribution in [0.1, 0.15) is 26.7 Å². The largest absolute Gasteiger partial charge is 0.306 e. The fraction of sp³-hybridized carbons (Fsp3) is 1.00. The van der Waals surface area contributed by atoms with Crippen LogP contribution in [0.2, 0.25) is 0 Å². The van der Waals surface area contributed by atoms with Gasteiger partial charge in [0.15, 0.2) is 0 Å². The molecule has 0 spiro atoms. The molecule has 50 valence electrons. The quantitative estimate of drug-likeness (QED) is 0.541. The zero-order chi connectivity index (χ0) is 6.57. The number of nitrogens with zero attached hydrogens (tertiary/aromatic N) is 1. The van der Waals surface area contributed by atoms with Gasteiger partial charge in [-0.05, 0) is 26.9 Å². The maximum atomic E-state index is 2.28. The topological polar surface area (TPSA) is 3.24 Å². The van der Waals surface area contributed by atoms with Gasteiger partial charge in [-0.2, -0.15) is 0 Å². The van der Waals surface area contributed by atoms with E-state index in [0.29, 0.717) is 0 Å². The molecule has 0 N–H and O–H groups in total. The lowest BCUT2D eigenvalue weighted by Gasteiger charge is -2.20. The number of hydrogen-bond acceptors (Lipinski definition) is 1. The molecule has 0 aromatic heterocycles. The van der Waals surface area contributed by atoms with Crippen molar-refractivity contribution in [2.24, 2.45) is 0 Å². The molecule has 1 nitrogen and oxygen atoms in total. The molecule has 0 aliphatic heterocycles. The standard InChI is InChI=1S/C7H17N/c1-5-7(6-2)8(3)4/h7H,5-6H2,1-4H3. The zero-order valence-corrected chi connectivity index (χ0v) is 6.44. The van der Waals surface area contributed by atoms with Crippen LogP contribution >= 0.6 is 0 Å². The van der Waals surface area contributed by atoms with E-state index >= 15 is 0 Å². The summed E-state index contributed by atoms with van der Waals surface area (Å²) in [6.07, 6.45) is 2.53. The van der Waals surface area contributed by atoms with Crippen molar-refractivity contribution in [3.05, 3.63) is 0 Å². The van der Waals surface area contributed by atoms with Gasteiger partial charge in [-0.25, -0.2) is 0 Å². The van der Waals surface area contributed by atoms with E-state index in [2.05, 4.69) is 32.8 Å².